The number of hydrogen-bond donors (Lipinski definition) is 1. The van der Waals surface area contributed by atoms with Gasteiger partial charge in [0, 0.05) is 5.92 Å². The van der Waals surface area contributed by atoms with E-state index in [1.807, 2.05) is 35.9 Å². The van der Waals surface area contributed by atoms with Gasteiger partial charge in [0.1, 0.15) is 18.1 Å². The van der Waals surface area contributed by atoms with Crippen LogP contribution in [0.3, 0.4) is 0 Å². The van der Waals surface area contributed by atoms with E-state index < -0.39 is 0 Å². The third kappa shape index (κ3) is 3.85. The van der Waals surface area contributed by atoms with E-state index in [0.717, 1.165) is 24.3 Å². The SMILES string of the molecule is CCC(CC)c1c(CO)nnn1CCOc1cccc(C)c1. The van der Waals surface area contributed by atoms with Crippen molar-refractivity contribution in [2.45, 2.75) is 52.7 Å². The molecule has 0 unspecified atom stereocenters. The largest absolute Gasteiger partial charge is 0.492 e. The van der Waals surface area contributed by atoms with Crippen molar-refractivity contribution < 1.29 is 9.84 Å². The molecule has 0 aliphatic carbocycles. The molecule has 0 bridgehead atoms. The fraction of sp³-hybridized carbons (Fsp3) is 0.529. The normalized spacial score (nSPS) is 11.1. The molecular weight excluding hydrogens is 278 g/mol. The number of aliphatic hydroxyl groups excluding tert-OH is 1. The second kappa shape index (κ2) is 7.94. The summed E-state index contributed by atoms with van der Waals surface area (Å²) in [6.07, 6.45) is 2.02. The minimum atomic E-state index is -0.0649. The van der Waals surface area contributed by atoms with Crippen LogP contribution < -0.4 is 4.74 Å². The molecular formula is C17H25N3O2. The molecule has 0 aliphatic heterocycles. The molecule has 0 saturated heterocycles. The Morgan fingerprint density at radius 3 is 2.68 bits per heavy atom. The number of ether oxygens (including phenoxy) is 1. The lowest BCUT2D eigenvalue weighted by molar-refractivity contribution is 0.272. The van der Waals surface area contributed by atoms with E-state index >= 15 is 0 Å². The van der Waals surface area contributed by atoms with Gasteiger partial charge < -0.3 is 9.84 Å². The van der Waals surface area contributed by atoms with E-state index in [2.05, 4.69) is 24.2 Å². The quantitative estimate of drug-likeness (QED) is 0.814. The molecule has 1 N–H and O–H groups in total. The van der Waals surface area contributed by atoms with Crippen molar-refractivity contribution in [3.63, 3.8) is 0 Å². The average molecular weight is 303 g/mol. The third-order valence-electron chi connectivity index (χ3n) is 3.93. The number of rotatable bonds is 8. The summed E-state index contributed by atoms with van der Waals surface area (Å²) in [6.45, 7) is 7.44. The number of aromatic nitrogens is 3. The molecule has 0 fully saturated rings. The summed E-state index contributed by atoms with van der Waals surface area (Å²) < 4.78 is 7.66. The first-order chi connectivity index (χ1) is 10.7. The topological polar surface area (TPSA) is 60.2 Å². The van der Waals surface area contributed by atoms with E-state index in [1.54, 1.807) is 0 Å². The van der Waals surface area contributed by atoms with Crippen LogP contribution in [0.2, 0.25) is 0 Å². The Hall–Kier alpha value is -1.88. The monoisotopic (exact) mass is 303 g/mol. The lowest BCUT2D eigenvalue weighted by Gasteiger charge is -2.16. The molecule has 0 spiro atoms. The summed E-state index contributed by atoms with van der Waals surface area (Å²) >= 11 is 0. The van der Waals surface area contributed by atoms with Crippen LogP contribution in [-0.4, -0.2) is 26.7 Å². The first kappa shape index (κ1) is 16.5. The molecule has 0 amide bonds. The van der Waals surface area contributed by atoms with Gasteiger partial charge in [-0.05, 0) is 37.5 Å². The third-order valence-corrected chi connectivity index (χ3v) is 3.93. The number of aliphatic hydroxyl groups is 1. The van der Waals surface area contributed by atoms with Crippen LogP contribution in [0, 0.1) is 6.92 Å². The lowest BCUT2D eigenvalue weighted by Crippen LogP contribution is -2.15. The first-order valence-electron chi connectivity index (χ1n) is 7.92. The maximum Gasteiger partial charge on any atom is 0.119 e. The van der Waals surface area contributed by atoms with Gasteiger partial charge in [-0.15, -0.1) is 5.10 Å². The van der Waals surface area contributed by atoms with Crippen molar-refractivity contribution in [2.24, 2.45) is 0 Å². The molecule has 1 heterocycles. The molecule has 0 saturated carbocycles. The fourth-order valence-corrected chi connectivity index (χ4v) is 2.71. The van der Waals surface area contributed by atoms with Crippen molar-refractivity contribution in [2.75, 3.05) is 6.61 Å². The highest BCUT2D eigenvalue weighted by Crippen LogP contribution is 2.25. The van der Waals surface area contributed by atoms with Crippen molar-refractivity contribution in [1.82, 2.24) is 15.0 Å². The molecule has 1 aromatic carbocycles. The Morgan fingerprint density at radius 2 is 2.05 bits per heavy atom. The van der Waals surface area contributed by atoms with Crippen LogP contribution in [0.1, 0.15) is 49.6 Å². The Balaban J connectivity index is 2.05. The second-order valence-electron chi connectivity index (χ2n) is 5.48. The smallest absolute Gasteiger partial charge is 0.119 e. The van der Waals surface area contributed by atoms with E-state index in [1.165, 1.54) is 5.56 Å². The van der Waals surface area contributed by atoms with Gasteiger partial charge in [0.2, 0.25) is 0 Å². The fourth-order valence-electron chi connectivity index (χ4n) is 2.71. The molecule has 2 aromatic rings. The predicted molar refractivity (Wildman–Crippen MR) is 85.9 cm³/mol. The molecule has 1 aromatic heterocycles. The Kier molecular flexibility index (Phi) is 5.95. The van der Waals surface area contributed by atoms with Crippen LogP contribution in [-0.2, 0) is 13.2 Å². The summed E-state index contributed by atoms with van der Waals surface area (Å²) in [5, 5.41) is 17.7. The number of hydrogen-bond acceptors (Lipinski definition) is 4. The summed E-state index contributed by atoms with van der Waals surface area (Å²) in [7, 11) is 0. The van der Waals surface area contributed by atoms with Crippen LogP contribution in [0.5, 0.6) is 5.75 Å². The zero-order valence-electron chi connectivity index (χ0n) is 13.6. The molecule has 0 aliphatic rings. The average Bonchev–Trinajstić information content (AvgIpc) is 2.92. The lowest BCUT2D eigenvalue weighted by atomic mass is 9.97. The molecule has 0 radical (unpaired) electrons. The molecule has 5 heteroatoms. The van der Waals surface area contributed by atoms with Crippen molar-refractivity contribution in [1.29, 1.82) is 0 Å². The van der Waals surface area contributed by atoms with Gasteiger partial charge in [0.05, 0.1) is 18.8 Å². The molecule has 2 rings (SSSR count). The zero-order chi connectivity index (χ0) is 15.9. The van der Waals surface area contributed by atoms with Crippen LogP contribution in [0.4, 0.5) is 0 Å². The Morgan fingerprint density at radius 1 is 1.27 bits per heavy atom. The van der Waals surface area contributed by atoms with Crippen LogP contribution >= 0.6 is 0 Å². The molecule has 5 nitrogen and oxygen atoms in total. The van der Waals surface area contributed by atoms with Crippen molar-refractivity contribution >= 4 is 0 Å². The second-order valence-corrected chi connectivity index (χ2v) is 5.48. The number of aryl methyl sites for hydroxylation is 1. The van der Waals surface area contributed by atoms with Crippen LogP contribution in [0.25, 0.3) is 0 Å². The molecule has 120 valence electrons. The summed E-state index contributed by atoms with van der Waals surface area (Å²) in [4.78, 5) is 0. The van der Waals surface area contributed by atoms with Gasteiger partial charge in [-0.2, -0.15) is 0 Å². The summed E-state index contributed by atoms with van der Waals surface area (Å²) in [5.41, 5.74) is 2.91. The van der Waals surface area contributed by atoms with Crippen molar-refractivity contribution in [3.8, 4) is 5.75 Å². The minimum Gasteiger partial charge on any atom is -0.492 e. The van der Waals surface area contributed by atoms with Gasteiger partial charge in [-0.1, -0.05) is 31.2 Å². The summed E-state index contributed by atoms with van der Waals surface area (Å²) in [5.74, 6) is 1.24. The highest BCUT2D eigenvalue weighted by atomic mass is 16.5. The maximum absolute atomic E-state index is 9.46. The maximum atomic E-state index is 9.46. The predicted octanol–water partition coefficient (Wildman–Crippen LogP) is 3.06. The van der Waals surface area contributed by atoms with E-state index in [-0.39, 0.29) is 6.61 Å². The standard InChI is InChI=1S/C17H25N3O2/c1-4-14(5-2)17-16(12-21)18-19-20(17)9-10-22-15-8-6-7-13(3)11-15/h6-8,11,14,21H,4-5,9-10,12H2,1-3H3. The van der Waals surface area contributed by atoms with Gasteiger partial charge in [-0.3, -0.25) is 0 Å². The van der Waals surface area contributed by atoms with E-state index in [9.17, 15) is 5.11 Å². The number of nitrogens with zero attached hydrogens (tertiary/aromatic N) is 3. The highest BCUT2D eigenvalue weighted by Gasteiger charge is 2.19. The van der Waals surface area contributed by atoms with Gasteiger partial charge in [0.25, 0.3) is 0 Å². The van der Waals surface area contributed by atoms with Gasteiger partial charge in [0.15, 0.2) is 0 Å². The first-order valence-corrected chi connectivity index (χ1v) is 7.92. The molecule has 22 heavy (non-hydrogen) atoms. The zero-order valence-corrected chi connectivity index (χ0v) is 13.6. The Labute approximate surface area is 131 Å². The van der Waals surface area contributed by atoms with Crippen molar-refractivity contribution in [3.05, 3.63) is 41.2 Å². The van der Waals surface area contributed by atoms with Gasteiger partial charge in [-0.25, -0.2) is 4.68 Å². The highest BCUT2D eigenvalue weighted by molar-refractivity contribution is 5.27. The van der Waals surface area contributed by atoms with Crippen LogP contribution in [0.15, 0.2) is 24.3 Å². The number of benzene rings is 1. The van der Waals surface area contributed by atoms with Gasteiger partial charge >= 0.3 is 0 Å². The summed E-state index contributed by atoms with van der Waals surface area (Å²) in [6, 6.07) is 8.00. The molecule has 0 atom stereocenters. The van der Waals surface area contributed by atoms with E-state index in [4.69, 9.17) is 4.74 Å². The Bertz CT molecular complexity index is 591. The van der Waals surface area contributed by atoms with E-state index in [0.29, 0.717) is 24.8 Å². The minimum absolute atomic E-state index is 0.0649.